The molecule has 146 valence electrons. The fourth-order valence-electron chi connectivity index (χ4n) is 6.07. The molecule has 0 spiro atoms. The number of hydrogen-bond acceptors (Lipinski definition) is 4. The molecule has 4 saturated carbocycles. The lowest BCUT2D eigenvalue weighted by atomic mass is 9.53. The van der Waals surface area contributed by atoms with Crippen LogP contribution >= 0.6 is 0 Å². The molecule has 0 radical (unpaired) electrons. The Morgan fingerprint density at radius 2 is 1.93 bits per heavy atom. The molecule has 0 aromatic heterocycles. The van der Waals surface area contributed by atoms with Crippen molar-refractivity contribution in [3.05, 3.63) is 53.5 Å². The summed E-state index contributed by atoms with van der Waals surface area (Å²) in [7, 11) is 0. The van der Waals surface area contributed by atoms with Crippen molar-refractivity contribution in [2.24, 2.45) is 17.8 Å². The van der Waals surface area contributed by atoms with Crippen LogP contribution in [0.15, 0.2) is 48.0 Å². The molecule has 4 aliphatic carbocycles. The summed E-state index contributed by atoms with van der Waals surface area (Å²) in [5.74, 6) is 1.51. The van der Waals surface area contributed by atoms with Crippen LogP contribution < -0.4 is 16.0 Å². The van der Waals surface area contributed by atoms with Crippen molar-refractivity contribution in [1.82, 2.24) is 5.32 Å². The minimum atomic E-state index is -0.961. The molecule has 4 fully saturated rings. The van der Waals surface area contributed by atoms with Gasteiger partial charge < -0.3 is 21.1 Å². The zero-order valence-electron chi connectivity index (χ0n) is 16.9. The molecule has 1 atom stereocenters. The van der Waals surface area contributed by atoms with Crippen molar-refractivity contribution >= 4 is 17.3 Å². The lowest BCUT2D eigenvalue weighted by Crippen LogP contribution is -2.54. The first-order chi connectivity index (χ1) is 14.0. The van der Waals surface area contributed by atoms with E-state index in [-0.39, 0.29) is 11.1 Å². The van der Waals surface area contributed by atoms with Crippen molar-refractivity contribution < 1.29 is 11.3 Å². The highest BCUT2D eigenvalue weighted by Gasteiger charge is 2.51. The van der Waals surface area contributed by atoms with Gasteiger partial charge in [0.25, 0.3) is 0 Å². The second-order valence-electron chi connectivity index (χ2n) is 8.94. The molecule has 1 aromatic rings. The fraction of sp³-hybridized carbons (Fsp3) is 0.478. The predicted octanol–water partition coefficient (Wildman–Crippen LogP) is 4.33. The Morgan fingerprint density at radius 3 is 2.54 bits per heavy atom. The summed E-state index contributed by atoms with van der Waals surface area (Å²) in [6.07, 6.45) is 12.9. The molecule has 1 aromatic carbocycles. The summed E-state index contributed by atoms with van der Waals surface area (Å²) in [5, 5.41) is 19.4. The third kappa shape index (κ3) is 3.31. The normalized spacial score (nSPS) is 33.6. The van der Waals surface area contributed by atoms with Gasteiger partial charge in [-0.05, 0) is 86.1 Å². The minimum absolute atomic E-state index is 0.113. The fourth-order valence-corrected chi connectivity index (χ4v) is 6.07. The first-order valence-electron chi connectivity index (χ1n) is 10.8. The molecule has 0 amide bonds. The lowest BCUT2D eigenvalue weighted by Gasteiger charge is -2.57. The second kappa shape index (κ2) is 6.75. The molecule has 4 bridgehead atoms. The number of carboxylic acid groups (broad SMARTS) is 1. The van der Waals surface area contributed by atoms with Crippen LogP contribution in [0.4, 0.5) is 11.4 Å². The van der Waals surface area contributed by atoms with Crippen molar-refractivity contribution in [2.75, 3.05) is 17.2 Å². The van der Waals surface area contributed by atoms with Crippen LogP contribution in [0.5, 0.6) is 0 Å². The monoisotopic (exact) mass is 378 g/mol. The van der Waals surface area contributed by atoms with E-state index in [9.17, 15) is 9.90 Å². The number of benzene rings is 1. The maximum absolute atomic E-state index is 11.5. The van der Waals surface area contributed by atoms with Crippen molar-refractivity contribution in [3.63, 3.8) is 0 Å². The number of rotatable bonds is 6. The van der Waals surface area contributed by atoms with Gasteiger partial charge in [0.05, 0.1) is 18.3 Å². The second-order valence-corrected chi connectivity index (χ2v) is 8.94. The molecule has 6 rings (SSSR count). The molecule has 5 aliphatic rings. The average molecular weight is 378 g/mol. The van der Waals surface area contributed by atoms with E-state index in [2.05, 4.69) is 21.7 Å². The van der Waals surface area contributed by atoms with E-state index in [4.69, 9.17) is 1.37 Å². The van der Waals surface area contributed by atoms with E-state index in [1.165, 1.54) is 38.5 Å². The molecule has 4 N–H and O–H groups in total. The van der Waals surface area contributed by atoms with E-state index >= 15 is 0 Å². The Balaban J connectivity index is 1.43. The van der Waals surface area contributed by atoms with E-state index in [0.717, 1.165) is 29.0 Å². The van der Waals surface area contributed by atoms with E-state index in [1.807, 2.05) is 6.07 Å². The molecule has 1 unspecified atom stereocenters. The van der Waals surface area contributed by atoms with Crippen LogP contribution in [0.2, 0.25) is 0 Å². The Labute approximate surface area is 167 Å². The van der Waals surface area contributed by atoms with Gasteiger partial charge in [-0.15, -0.1) is 5.73 Å². The van der Waals surface area contributed by atoms with Gasteiger partial charge in [0.1, 0.15) is 0 Å². The van der Waals surface area contributed by atoms with Gasteiger partial charge >= 0.3 is 5.97 Å². The highest BCUT2D eigenvalue weighted by atomic mass is 16.4. The van der Waals surface area contributed by atoms with Gasteiger partial charge in [0.15, 0.2) is 0 Å². The van der Waals surface area contributed by atoms with Crippen LogP contribution in [-0.2, 0) is 0 Å². The Morgan fingerprint density at radius 1 is 1.21 bits per heavy atom. The molecular formula is C23H27N3O2. The summed E-state index contributed by atoms with van der Waals surface area (Å²) in [4.78, 5) is 11.5. The highest BCUT2D eigenvalue weighted by Crippen LogP contribution is 2.56. The standard InChI is InChI=1S/C23H27N3O2/c27-22(28)19-3-4-20(21(9-19)25-14-15-2-1-5-24-13-15)26-23-10-16-6-17(11-23)8-18(7-16)12-23/h2-5,9,13,16-18,24-26H,6-8,10-12,14H2,(H,27,28)/i14D. The number of aromatic carboxylic acids is 1. The number of anilines is 2. The SMILES string of the molecule is [2H]C(Nc1cc(C(=O)O)ccc1NC12CC3CC(CC(C3)C1)C2)C1=CNC=C=C1. The molecule has 5 heteroatoms. The molecule has 0 saturated heterocycles. The van der Waals surface area contributed by atoms with Crippen LogP contribution in [0.25, 0.3) is 0 Å². The molecule has 5 nitrogen and oxygen atoms in total. The number of hydrogen-bond donors (Lipinski definition) is 4. The van der Waals surface area contributed by atoms with Gasteiger partial charge in [-0.1, -0.05) is 0 Å². The van der Waals surface area contributed by atoms with E-state index in [1.54, 1.807) is 30.6 Å². The van der Waals surface area contributed by atoms with E-state index < -0.39 is 12.5 Å². The number of nitrogens with one attached hydrogen (secondary N) is 3. The van der Waals surface area contributed by atoms with Crippen LogP contribution in [0, 0.1) is 17.8 Å². The van der Waals surface area contributed by atoms with Gasteiger partial charge in [0, 0.05) is 24.5 Å². The highest BCUT2D eigenvalue weighted by molar-refractivity contribution is 5.91. The van der Waals surface area contributed by atoms with Gasteiger partial charge in [-0.3, -0.25) is 0 Å². The predicted molar refractivity (Wildman–Crippen MR) is 110 cm³/mol. The third-order valence-corrected chi connectivity index (χ3v) is 6.77. The quantitative estimate of drug-likeness (QED) is 0.555. The number of carboxylic acids is 1. The largest absolute Gasteiger partial charge is 0.478 e. The summed E-state index contributed by atoms with van der Waals surface area (Å²) in [6, 6.07) is 5.16. The molecule has 1 heterocycles. The van der Waals surface area contributed by atoms with Crippen molar-refractivity contribution in [1.29, 1.82) is 0 Å². The average Bonchev–Trinajstić information content (AvgIpc) is 2.68. The van der Waals surface area contributed by atoms with Crippen LogP contribution in [0.1, 0.15) is 50.3 Å². The molecular weight excluding hydrogens is 350 g/mol. The molecule has 28 heavy (non-hydrogen) atoms. The van der Waals surface area contributed by atoms with Gasteiger partial charge in [-0.25, -0.2) is 4.79 Å². The maximum atomic E-state index is 11.5. The van der Waals surface area contributed by atoms with E-state index in [0.29, 0.717) is 5.69 Å². The summed E-state index contributed by atoms with van der Waals surface area (Å²) >= 11 is 0. The van der Waals surface area contributed by atoms with Crippen LogP contribution in [-0.4, -0.2) is 23.1 Å². The third-order valence-electron chi connectivity index (χ3n) is 6.77. The Bertz CT molecular complexity index is 897. The smallest absolute Gasteiger partial charge is 0.335 e. The van der Waals surface area contributed by atoms with Crippen LogP contribution in [0.3, 0.4) is 0 Å². The Hall–Kier alpha value is -2.65. The number of carbonyl (C=O) groups is 1. The maximum Gasteiger partial charge on any atom is 0.335 e. The first kappa shape index (κ1) is 16.3. The van der Waals surface area contributed by atoms with Crippen molar-refractivity contribution in [3.8, 4) is 0 Å². The minimum Gasteiger partial charge on any atom is -0.478 e. The topological polar surface area (TPSA) is 73.4 Å². The first-order valence-corrected chi connectivity index (χ1v) is 10.2. The summed E-state index contributed by atoms with van der Waals surface area (Å²) in [5.41, 5.74) is 5.60. The summed E-state index contributed by atoms with van der Waals surface area (Å²) in [6.45, 7) is -0.718. The van der Waals surface area contributed by atoms with Gasteiger partial charge in [-0.2, -0.15) is 0 Å². The van der Waals surface area contributed by atoms with Crippen molar-refractivity contribution in [2.45, 2.75) is 44.1 Å². The molecule has 1 aliphatic heterocycles. The zero-order valence-corrected chi connectivity index (χ0v) is 15.9. The summed E-state index contributed by atoms with van der Waals surface area (Å²) < 4.78 is 8.49. The van der Waals surface area contributed by atoms with Gasteiger partial charge in [0.2, 0.25) is 0 Å². The lowest BCUT2D eigenvalue weighted by molar-refractivity contribution is 0.0107. The Kier molecular flexibility index (Phi) is 3.93. The zero-order chi connectivity index (χ0) is 20.0.